The van der Waals surface area contributed by atoms with Crippen molar-refractivity contribution < 1.29 is 0 Å². The molecule has 0 saturated carbocycles. The molecule has 78 valence electrons. The van der Waals surface area contributed by atoms with E-state index in [4.69, 9.17) is 0 Å². The number of hydrogen-bond donors (Lipinski definition) is 0. The van der Waals surface area contributed by atoms with Crippen LogP contribution in [0.25, 0.3) is 16.9 Å². The molecule has 0 fully saturated rings. The van der Waals surface area contributed by atoms with E-state index in [1.807, 2.05) is 30.5 Å². The van der Waals surface area contributed by atoms with E-state index < -0.39 is 0 Å². The van der Waals surface area contributed by atoms with Gasteiger partial charge in [-0.25, -0.2) is 9.67 Å². The number of para-hydroxylation sites is 2. The van der Waals surface area contributed by atoms with Crippen molar-refractivity contribution in [1.29, 1.82) is 0 Å². The fourth-order valence-corrected chi connectivity index (χ4v) is 1.87. The fourth-order valence-electron chi connectivity index (χ4n) is 1.48. The molecule has 16 heavy (non-hydrogen) atoms. The van der Waals surface area contributed by atoms with Gasteiger partial charge in [0.15, 0.2) is 5.82 Å². The van der Waals surface area contributed by atoms with E-state index >= 15 is 0 Å². The molecule has 4 nitrogen and oxygen atoms in total. The number of aromatic nitrogens is 4. The summed E-state index contributed by atoms with van der Waals surface area (Å²) in [5.74, 6) is 0.738. The quantitative estimate of drug-likeness (QED) is 0.646. The van der Waals surface area contributed by atoms with E-state index in [2.05, 4.69) is 37.7 Å². The van der Waals surface area contributed by atoms with E-state index in [0.717, 1.165) is 20.4 Å². The van der Waals surface area contributed by atoms with Gasteiger partial charge in [0, 0.05) is 6.20 Å². The smallest absolute Gasteiger partial charge is 0.172 e. The lowest BCUT2D eigenvalue weighted by Crippen LogP contribution is -1.99. The molecule has 0 saturated heterocycles. The summed E-state index contributed by atoms with van der Waals surface area (Å²) < 4.78 is 2.80. The standard InChI is InChI=1S/C11H7IN4/c12-8-5-14-16(7-8)11-6-13-9-3-1-2-4-10(9)15-11/h1-7H. The van der Waals surface area contributed by atoms with Crippen molar-refractivity contribution in [3.63, 3.8) is 0 Å². The summed E-state index contributed by atoms with van der Waals surface area (Å²) in [5, 5.41) is 4.20. The molecular weight excluding hydrogens is 315 g/mol. The summed E-state index contributed by atoms with van der Waals surface area (Å²) in [6, 6.07) is 7.79. The van der Waals surface area contributed by atoms with Crippen molar-refractivity contribution in [2.75, 3.05) is 0 Å². The lowest BCUT2D eigenvalue weighted by Gasteiger charge is -2.01. The molecule has 3 rings (SSSR count). The molecule has 0 N–H and O–H groups in total. The highest BCUT2D eigenvalue weighted by Gasteiger charge is 2.02. The van der Waals surface area contributed by atoms with Crippen molar-refractivity contribution in [3.05, 3.63) is 46.4 Å². The molecular formula is C11H7IN4. The van der Waals surface area contributed by atoms with Crippen LogP contribution in [0.3, 0.4) is 0 Å². The molecule has 0 unspecified atom stereocenters. The van der Waals surface area contributed by atoms with Gasteiger partial charge in [-0.05, 0) is 34.7 Å². The Kier molecular flexibility index (Phi) is 2.32. The second kappa shape index (κ2) is 3.82. The topological polar surface area (TPSA) is 43.6 Å². The first-order valence-electron chi connectivity index (χ1n) is 4.75. The average Bonchev–Trinajstić information content (AvgIpc) is 2.75. The monoisotopic (exact) mass is 322 g/mol. The Balaban J connectivity index is 2.18. The first kappa shape index (κ1) is 9.71. The normalized spacial score (nSPS) is 10.8. The maximum absolute atomic E-state index is 4.49. The maximum Gasteiger partial charge on any atom is 0.172 e. The zero-order valence-corrected chi connectivity index (χ0v) is 10.4. The zero-order chi connectivity index (χ0) is 11.0. The van der Waals surface area contributed by atoms with Crippen LogP contribution < -0.4 is 0 Å². The average molecular weight is 322 g/mol. The van der Waals surface area contributed by atoms with Crippen molar-refractivity contribution in [1.82, 2.24) is 19.7 Å². The number of fused-ring (bicyclic) bond motifs is 1. The summed E-state index contributed by atoms with van der Waals surface area (Å²) >= 11 is 2.21. The third-order valence-corrected chi connectivity index (χ3v) is 2.78. The van der Waals surface area contributed by atoms with Crippen molar-refractivity contribution in [3.8, 4) is 5.82 Å². The molecule has 0 aliphatic heterocycles. The van der Waals surface area contributed by atoms with E-state index in [9.17, 15) is 0 Å². The SMILES string of the molecule is Ic1cnn(-c2cnc3ccccc3n2)c1. The van der Waals surface area contributed by atoms with Gasteiger partial charge in [0.05, 0.1) is 27.0 Å². The maximum atomic E-state index is 4.49. The lowest BCUT2D eigenvalue weighted by molar-refractivity contribution is 0.846. The molecule has 0 aliphatic rings. The molecule has 0 spiro atoms. The highest BCUT2D eigenvalue weighted by Crippen LogP contribution is 2.11. The van der Waals surface area contributed by atoms with Gasteiger partial charge in [-0.2, -0.15) is 5.10 Å². The summed E-state index contributed by atoms with van der Waals surface area (Å²) in [5.41, 5.74) is 1.78. The number of hydrogen-bond acceptors (Lipinski definition) is 3. The molecule has 0 aliphatic carbocycles. The van der Waals surface area contributed by atoms with E-state index in [-0.39, 0.29) is 0 Å². The Morgan fingerprint density at radius 1 is 1.06 bits per heavy atom. The fraction of sp³-hybridized carbons (Fsp3) is 0. The van der Waals surface area contributed by atoms with Crippen LogP contribution >= 0.6 is 22.6 Å². The van der Waals surface area contributed by atoms with Crippen molar-refractivity contribution in [2.45, 2.75) is 0 Å². The molecule has 2 heterocycles. The van der Waals surface area contributed by atoms with Gasteiger partial charge in [-0.1, -0.05) is 12.1 Å². The third-order valence-electron chi connectivity index (χ3n) is 2.22. The number of rotatable bonds is 1. The first-order valence-corrected chi connectivity index (χ1v) is 5.83. The van der Waals surface area contributed by atoms with E-state index in [1.54, 1.807) is 17.1 Å². The Labute approximate surface area is 105 Å². The molecule has 0 atom stereocenters. The number of benzene rings is 1. The molecule has 0 bridgehead atoms. The number of halogens is 1. The van der Waals surface area contributed by atoms with Gasteiger partial charge in [0.25, 0.3) is 0 Å². The Morgan fingerprint density at radius 3 is 2.62 bits per heavy atom. The molecule has 2 aromatic heterocycles. The van der Waals surface area contributed by atoms with Crippen LogP contribution in [0, 0.1) is 3.57 Å². The van der Waals surface area contributed by atoms with Gasteiger partial charge in [0.2, 0.25) is 0 Å². The highest BCUT2D eigenvalue weighted by molar-refractivity contribution is 14.1. The van der Waals surface area contributed by atoms with Crippen molar-refractivity contribution in [2.24, 2.45) is 0 Å². The summed E-state index contributed by atoms with van der Waals surface area (Å²) in [7, 11) is 0. The van der Waals surface area contributed by atoms with E-state index in [1.165, 1.54) is 0 Å². The second-order valence-electron chi connectivity index (χ2n) is 3.32. The molecule has 0 amide bonds. The third kappa shape index (κ3) is 1.67. The zero-order valence-electron chi connectivity index (χ0n) is 8.21. The minimum atomic E-state index is 0.738. The van der Waals surface area contributed by atoms with Crippen LogP contribution in [0.15, 0.2) is 42.9 Å². The summed E-state index contributed by atoms with van der Waals surface area (Å²) in [4.78, 5) is 8.83. The van der Waals surface area contributed by atoms with Crippen LogP contribution in [0.2, 0.25) is 0 Å². The highest BCUT2D eigenvalue weighted by atomic mass is 127. The Bertz CT molecular complexity index is 647. The van der Waals surface area contributed by atoms with Crippen LogP contribution in [-0.4, -0.2) is 19.7 Å². The van der Waals surface area contributed by atoms with E-state index in [0.29, 0.717) is 0 Å². The van der Waals surface area contributed by atoms with Crippen LogP contribution in [-0.2, 0) is 0 Å². The lowest BCUT2D eigenvalue weighted by atomic mass is 10.3. The van der Waals surface area contributed by atoms with Gasteiger partial charge in [-0.15, -0.1) is 0 Å². The Hall–Kier alpha value is -1.50. The van der Waals surface area contributed by atoms with Crippen LogP contribution in [0.1, 0.15) is 0 Å². The minimum Gasteiger partial charge on any atom is -0.251 e. The second-order valence-corrected chi connectivity index (χ2v) is 4.57. The minimum absolute atomic E-state index is 0.738. The van der Waals surface area contributed by atoms with Gasteiger partial charge in [0.1, 0.15) is 0 Å². The van der Waals surface area contributed by atoms with Gasteiger partial charge < -0.3 is 0 Å². The summed E-state index contributed by atoms with van der Waals surface area (Å²) in [6.07, 6.45) is 5.43. The molecule has 5 heteroatoms. The Morgan fingerprint density at radius 2 is 1.88 bits per heavy atom. The predicted octanol–water partition coefficient (Wildman–Crippen LogP) is 2.42. The first-order chi connectivity index (χ1) is 7.83. The predicted molar refractivity (Wildman–Crippen MR) is 69.4 cm³/mol. The van der Waals surface area contributed by atoms with Crippen LogP contribution in [0.5, 0.6) is 0 Å². The van der Waals surface area contributed by atoms with Gasteiger partial charge in [-0.3, -0.25) is 4.98 Å². The molecule has 1 aromatic carbocycles. The van der Waals surface area contributed by atoms with Crippen molar-refractivity contribution >= 4 is 33.6 Å². The van der Waals surface area contributed by atoms with Gasteiger partial charge >= 0.3 is 0 Å². The summed E-state index contributed by atoms with van der Waals surface area (Å²) in [6.45, 7) is 0. The largest absolute Gasteiger partial charge is 0.251 e. The number of nitrogens with zero attached hydrogens (tertiary/aromatic N) is 4. The molecule has 3 aromatic rings. The van der Waals surface area contributed by atoms with Crippen LogP contribution in [0.4, 0.5) is 0 Å². The molecule has 0 radical (unpaired) electrons.